The molecule has 0 aromatic heterocycles. The summed E-state index contributed by atoms with van der Waals surface area (Å²) in [5.41, 5.74) is 3.14. The minimum atomic E-state index is -3.83. The lowest BCUT2D eigenvalue weighted by atomic mass is 10.2. The molecule has 3 aromatic rings. The third-order valence-corrected chi connectivity index (χ3v) is 6.34. The minimum Gasteiger partial charge on any atom is -0.493 e. The number of carbonyl (C=O) groups excluding carboxylic acids is 2. The average molecular weight is 542 g/mol. The Balaban J connectivity index is 1.70. The first-order chi connectivity index (χ1) is 18.1. The molecule has 0 aliphatic carbocycles. The quantitative estimate of drug-likeness (QED) is 0.177. The fourth-order valence-electron chi connectivity index (χ4n) is 3.34. The molecular formula is C26H27N3O8S. The highest BCUT2D eigenvalue weighted by molar-refractivity contribution is 7.92. The van der Waals surface area contributed by atoms with Crippen molar-refractivity contribution in [3.05, 3.63) is 78.4 Å². The van der Waals surface area contributed by atoms with Gasteiger partial charge in [-0.25, -0.2) is 18.6 Å². The highest BCUT2D eigenvalue weighted by Crippen LogP contribution is 2.28. The molecule has 38 heavy (non-hydrogen) atoms. The van der Waals surface area contributed by atoms with Crippen LogP contribution in [-0.4, -0.2) is 53.2 Å². The zero-order valence-corrected chi connectivity index (χ0v) is 22.0. The van der Waals surface area contributed by atoms with Crippen LogP contribution >= 0.6 is 0 Å². The van der Waals surface area contributed by atoms with Crippen molar-refractivity contribution in [2.24, 2.45) is 5.10 Å². The number of ether oxygens (including phenoxy) is 4. The summed E-state index contributed by atoms with van der Waals surface area (Å²) in [7, 11) is -1.25. The predicted molar refractivity (Wildman–Crippen MR) is 142 cm³/mol. The maximum Gasteiger partial charge on any atom is 0.513 e. The SMILES string of the molecule is COC(=O)Oc1ccc(/C=N\NC(=O)[C@@H](C)N(c2ccc(Oc3ccccc3)cc2)S(C)(=O)=O)cc1OC. The van der Waals surface area contributed by atoms with Gasteiger partial charge in [0.1, 0.15) is 17.5 Å². The molecule has 1 N–H and O–H groups in total. The van der Waals surface area contributed by atoms with Gasteiger partial charge in [0.05, 0.1) is 32.4 Å². The van der Waals surface area contributed by atoms with Crippen LogP contribution in [0, 0.1) is 0 Å². The molecule has 12 heteroatoms. The van der Waals surface area contributed by atoms with E-state index in [9.17, 15) is 18.0 Å². The Labute approximate surface area is 220 Å². The summed E-state index contributed by atoms with van der Waals surface area (Å²) in [6.07, 6.45) is 1.44. The largest absolute Gasteiger partial charge is 0.513 e. The highest BCUT2D eigenvalue weighted by atomic mass is 32.2. The van der Waals surface area contributed by atoms with Crippen molar-refractivity contribution in [1.29, 1.82) is 0 Å². The van der Waals surface area contributed by atoms with Gasteiger partial charge in [-0.3, -0.25) is 9.10 Å². The number of anilines is 1. The smallest absolute Gasteiger partial charge is 0.493 e. The van der Waals surface area contributed by atoms with Crippen LogP contribution in [0.15, 0.2) is 77.9 Å². The summed E-state index contributed by atoms with van der Waals surface area (Å²) in [5.74, 6) is 0.858. The number of carbonyl (C=O) groups is 2. The van der Waals surface area contributed by atoms with Crippen molar-refractivity contribution in [3.63, 3.8) is 0 Å². The zero-order valence-electron chi connectivity index (χ0n) is 21.2. The molecular weight excluding hydrogens is 514 g/mol. The summed E-state index contributed by atoms with van der Waals surface area (Å²) in [4.78, 5) is 24.1. The highest BCUT2D eigenvalue weighted by Gasteiger charge is 2.29. The van der Waals surface area contributed by atoms with E-state index in [1.807, 2.05) is 18.2 Å². The van der Waals surface area contributed by atoms with Gasteiger partial charge in [0, 0.05) is 0 Å². The monoisotopic (exact) mass is 541 g/mol. The Hall–Kier alpha value is -4.58. The van der Waals surface area contributed by atoms with Gasteiger partial charge in [0.25, 0.3) is 5.91 Å². The number of nitrogens with zero attached hydrogens (tertiary/aromatic N) is 2. The lowest BCUT2D eigenvalue weighted by Crippen LogP contribution is -2.46. The van der Waals surface area contributed by atoms with E-state index in [0.717, 1.165) is 10.6 Å². The Morgan fingerprint density at radius 1 is 0.947 bits per heavy atom. The van der Waals surface area contributed by atoms with Gasteiger partial charge in [-0.1, -0.05) is 18.2 Å². The number of hydrogen-bond donors (Lipinski definition) is 1. The summed E-state index contributed by atoms with van der Waals surface area (Å²) < 4.78 is 46.5. The molecule has 0 aliphatic rings. The van der Waals surface area contributed by atoms with Crippen LogP contribution in [0.4, 0.5) is 10.5 Å². The van der Waals surface area contributed by atoms with E-state index in [1.54, 1.807) is 42.5 Å². The second-order valence-corrected chi connectivity index (χ2v) is 9.70. The predicted octanol–water partition coefficient (Wildman–Crippen LogP) is 3.94. The van der Waals surface area contributed by atoms with Crippen LogP contribution in [0.2, 0.25) is 0 Å². The summed E-state index contributed by atoms with van der Waals surface area (Å²) in [5, 5.41) is 3.91. The second-order valence-electron chi connectivity index (χ2n) is 7.84. The van der Waals surface area contributed by atoms with Gasteiger partial charge in [0.15, 0.2) is 11.5 Å². The number of para-hydroxylation sites is 1. The number of methoxy groups -OCH3 is 2. The molecule has 0 unspecified atom stereocenters. The van der Waals surface area contributed by atoms with Crippen LogP contribution in [0.5, 0.6) is 23.0 Å². The van der Waals surface area contributed by atoms with Crippen molar-refractivity contribution in [3.8, 4) is 23.0 Å². The van der Waals surface area contributed by atoms with Gasteiger partial charge in [-0.15, -0.1) is 0 Å². The maximum absolute atomic E-state index is 12.8. The molecule has 0 aliphatic heterocycles. The van der Waals surface area contributed by atoms with E-state index in [1.165, 1.54) is 39.5 Å². The number of nitrogens with one attached hydrogen (secondary N) is 1. The first kappa shape index (κ1) is 28.0. The van der Waals surface area contributed by atoms with Gasteiger partial charge in [-0.2, -0.15) is 5.10 Å². The van der Waals surface area contributed by atoms with Crippen molar-refractivity contribution in [1.82, 2.24) is 5.43 Å². The molecule has 0 saturated heterocycles. The molecule has 1 amide bonds. The van der Waals surface area contributed by atoms with Crippen LogP contribution in [0.25, 0.3) is 0 Å². The second kappa shape index (κ2) is 12.6. The zero-order chi connectivity index (χ0) is 27.7. The Morgan fingerprint density at radius 2 is 1.61 bits per heavy atom. The first-order valence-corrected chi connectivity index (χ1v) is 13.1. The Bertz CT molecular complexity index is 1390. The molecule has 11 nitrogen and oxygen atoms in total. The van der Waals surface area contributed by atoms with Crippen LogP contribution in [0.3, 0.4) is 0 Å². The van der Waals surface area contributed by atoms with Crippen molar-refractivity contribution in [2.75, 3.05) is 24.8 Å². The average Bonchev–Trinajstić information content (AvgIpc) is 2.90. The molecule has 0 radical (unpaired) electrons. The van der Waals surface area contributed by atoms with E-state index in [0.29, 0.717) is 17.1 Å². The maximum atomic E-state index is 12.8. The third kappa shape index (κ3) is 7.46. The van der Waals surface area contributed by atoms with Crippen LogP contribution in [0.1, 0.15) is 12.5 Å². The number of sulfonamides is 1. The molecule has 0 saturated carbocycles. The number of amides is 1. The van der Waals surface area contributed by atoms with Gasteiger partial charge < -0.3 is 18.9 Å². The van der Waals surface area contributed by atoms with Gasteiger partial charge in [-0.05, 0) is 67.1 Å². The summed E-state index contributed by atoms with van der Waals surface area (Å²) in [6.45, 7) is 1.45. The summed E-state index contributed by atoms with van der Waals surface area (Å²) in [6, 6.07) is 18.9. The Kier molecular flexibility index (Phi) is 9.28. The van der Waals surface area contributed by atoms with Gasteiger partial charge >= 0.3 is 6.16 Å². The third-order valence-electron chi connectivity index (χ3n) is 5.09. The molecule has 3 aromatic carbocycles. The molecule has 0 bridgehead atoms. The van der Waals surface area contributed by atoms with E-state index in [2.05, 4.69) is 15.3 Å². The summed E-state index contributed by atoms with van der Waals surface area (Å²) >= 11 is 0. The number of benzene rings is 3. The number of rotatable bonds is 10. The molecule has 1 atom stereocenters. The van der Waals surface area contributed by atoms with E-state index >= 15 is 0 Å². The fourth-order valence-corrected chi connectivity index (χ4v) is 4.51. The van der Waals surface area contributed by atoms with E-state index in [4.69, 9.17) is 14.2 Å². The Morgan fingerprint density at radius 3 is 2.21 bits per heavy atom. The minimum absolute atomic E-state index is 0.137. The number of hydrogen-bond acceptors (Lipinski definition) is 9. The standard InChI is InChI=1S/C26H27N3O8S/c1-18(25(30)28-27-17-19-10-15-23(24(16-19)34-2)37-26(31)35-3)29(38(4,32)33)20-11-13-22(14-12-20)36-21-8-6-5-7-9-21/h5-18H,1-4H3,(H,28,30)/b27-17-/t18-/m1/s1. The lowest BCUT2D eigenvalue weighted by Gasteiger charge is -2.27. The number of hydrazone groups is 1. The molecule has 3 rings (SSSR count). The van der Waals surface area contributed by atoms with Gasteiger partial charge in [0.2, 0.25) is 10.0 Å². The van der Waals surface area contributed by atoms with Crippen molar-refractivity contribution < 1.29 is 37.0 Å². The molecule has 0 fully saturated rings. The lowest BCUT2D eigenvalue weighted by molar-refractivity contribution is -0.121. The topological polar surface area (TPSA) is 133 Å². The van der Waals surface area contributed by atoms with Crippen LogP contribution in [-0.2, 0) is 19.6 Å². The normalized spacial score (nSPS) is 11.9. The molecule has 0 spiro atoms. The van der Waals surface area contributed by atoms with E-state index in [-0.39, 0.29) is 17.2 Å². The molecule has 200 valence electrons. The molecule has 0 heterocycles. The van der Waals surface area contributed by atoms with E-state index < -0.39 is 28.1 Å². The van der Waals surface area contributed by atoms with Crippen molar-refractivity contribution in [2.45, 2.75) is 13.0 Å². The first-order valence-electron chi connectivity index (χ1n) is 11.2. The van der Waals surface area contributed by atoms with Crippen molar-refractivity contribution >= 4 is 34.0 Å². The fraction of sp³-hybridized carbons (Fsp3) is 0.192. The van der Waals surface area contributed by atoms with Crippen LogP contribution < -0.4 is 23.9 Å².